The summed E-state index contributed by atoms with van der Waals surface area (Å²) in [5.41, 5.74) is 12.4. The fourth-order valence-corrected chi connectivity index (χ4v) is 2.28. The highest BCUT2D eigenvalue weighted by Crippen LogP contribution is 2.31. The third-order valence-corrected chi connectivity index (χ3v) is 3.11. The van der Waals surface area contributed by atoms with Crippen LogP contribution in [0.4, 0.5) is 0 Å². The largest absolute Gasteiger partial charge is 0.364 e. The number of carbonyl (C=O) groups excluding carboxylic acids is 1. The first-order valence-corrected chi connectivity index (χ1v) is 5.60. The average molecular weight is 218 g/mol. The van der Waals surface area contributed by atoms with Crippen molar-refractivity contribution in [1.29, 1.82) is 0 Å². The lowest BCUT2D eigenvalue weighted by atomic mass is 9.82. The molecule has 1 aliphatic carbocycles. The minimum atomic E-state index is -0.526. The molecule has 4 heteroatoms. The smallest absolute Gasteiger partial charge is 0.267 e. The van der Waals surface area contributed by atoms with E-state index in [1.165, 1.54) is 0 Å². The van der Waals surface area contributed by atoms with E-state index in [-0.39, 0.29) is 11.7 Å². The summed E-state index contributed by atoms with van der Waals surface area (Å²) in [6.07, 6.45) is 5.90. The maximum Gasteiger partial charge on any atom is 0.267 e. The van der Waals surface area contributed by atoms with E-state index in [0.717, 1.165) is 31.2 Å². The molecule has 2 rings (SSSR count). The molecule has 4 nitrogen and oxygen atoms in total. The van der Waals surface area contributed by atoms with E-state index in [0.29, 0.717) is 5.92 Å². The number of primary amides is 1. The normalized spacial score (nSPS) is 25.3. The van der Waals surface area contributed by atoms with E-state index < -0.39 is 5.91 Å². The summed E-state index contributed by atoms with van der Waals surface area (Å²) in [5, 5.41) is 0. The lowest BCUT2D eigenvalue weighted by Crippen LogP contribution is -2.27. The first kappa shape index (κ1) is 11.1. The fraction of sp³-hybridized carbons (Fsp3) is 0.500. The maximum absolute atomic E-state index is 11.0. The van der Waals surface area contributed by atoms with Crippen molar-refractivity contribution in [2.24, 2.45) is 11.5 Å². The van der Waals surface area contributed by atoms with Crippen molar-refractivity contribution in [3.8, 4) is 0 Å². The van der Waals surface area contributed by atoms with Gasteiger partial charge in [0.05, 0.1) is 0 Å². The minimum Gasteiger partial charge on any atom is -0.364 e. The van der Waals surface area contributed by atoms with Crippen molar-refractivity contribution in [2.75, 3.05) is 0 Å². The van der Waals surface area contributed by atoms with Crippen LogP contribution in [0, 0.1) is 6.07 Å². The van der Waals surface area contributed by atoms with Gasteiger partial charge in [-0.25, -0.2) is 0 Å². The van der Waals surface area contributed by atoms with Crippen LogP contribution >= 0.6 is 0 Å². The van der Waals surface area contributed by atoms with E-state index in [9.17, 15) is 4.79 Å². The molecule has 0 saturated heterocycles. The lowest BCUT2D eigenvalue weighted by Gasteiger charge is -2.26. The van der Waals surface area contributed by atoms with Gasteiger partial charge in [-0.2, -0.15) is 0 Å². The molecule has 0 aromatic carbocycles. The molecule has 1 heterocycles. The topological polar surface area (TPSA) is 82.0 Å². The quantitative estimate of drug-likeness (QED) is 0.775. The first-order valence-electron chi connectivity index (χ1n) is 5.60. The van der Waals surface area contributed by atoms with E-state index in [4.69, 9.17) is 11.5 Å². The van der Waals surface area contributed by atoms with Crippen LogP contribution in [-0.4, -0.2) is 16.9 Å². The monoisotopic (exact) mass is 218 g/mol. The van der Waals surface area contributed by atoms with Crippen LogP contribution < -0.4 is 11.5 Å². The molecule has 0 bridgehead atoms. The highest BCUT2D eigenvalue weighted by molar-refractivity contribution is 5.90. The molecule has 2 atom stereocenters. The molecule has 1 fully saturated rings. The van der Waals surface area contributed by atoms with Crippen LogP contribution in [-0.2, 0) is 0 Å². The number of hydrogen-bond donors (Lipinski definition) is 2. The second kappa shape index (κ2) is 4.61. The van der Waals surface area contributed by atoms with Crippen LogP contribution in [0.15, 0.2) is 12.3 Å². The van der Waals surface area contributed by atoms with Gasteiger partial charge in [-0.15, -0.1) is 0 Å². The Bertz CT molecular complexity index is 392. The van der Waals surface area contributed by atoms with Crippen molar-refractivity contribution in [3.05, 3.63) is 29.6 Å². The third-order valence-electron chi connectivity index (χ3n) is 3.11. The van der Waals surface area contributed by atoms with Crippen LogP contribution in [0.1, 0.15) is 47.7 Å². The van der Waals surface area contributed by atoms with Gasteiger partial charge in [0.15, 0.2) is 0 Å². The van der Waals surface area contributed by atoms with Crippen molar-refractivity contribution >= 4 is 5.91 Å². The molecule has 4 N–H and O–H groups in total. The van der Waals surface area contributed by atoms with Gasteiger partial charge in [-0.1, -0.05) is 6.42 Å². The average Bonchev–Trinajstić information content (AvgIpc) is 2.29. The number of nitrogens with zero attached hydrogens (tertiary/aromatic N) is 1. The second-order valence-electron chi connectivity index (χ2n) is 4.36. The Hall–Kier alpha value is -1.42. The summed E-state index contributed by atoms with van der Waals surface area (Å²) >= 11 is 0. The summed E-state index contributed by atoms with van der Waals surface area (Å²) in [7, 11) is 0. The maximum atomic E-state index is 11.0. The van der Waals surface area contributed by atoms with E-state index in [2.05, 4.69) is 11.1 Å². The SMILES string of the molecule is NC(=O)c1[c]c(C2CCCC(N)C2)ccn1. The van der Waals surface area contributed by atoms with Crippen LogP contribution in [0.3, 0.4) is 0 Å². The minimum absolute atomic E-state index is 0.219. The third kappa shape index (κ3) is 2.39. The highest BCUT2D eigenvalue weighted by Gasteiger charge is 2.21. The molecule has 1 radical (unpaired) electrons. The Morgan fingerprint density at radius 2 is 2.31 bits per heavy atom. The van der Waals surface area contributed by atoms with Gasteiger partial charge in [-0.3, -0.25) is 9.78 Å². The Labute approximate surface area is 95.0 Å². The highest BCUT2D eigenvalue weighted by atomic mass is 16.1. The Balaban J connectivity index is 2.19. The fourth-order valence-electron chi connectivity index (χ4n) is 2.28. The molecule has 1 aliphatic rings. The van der Waals surface area contributed by atoms with Gasteiger partial charge in [0.2, 0.25) is 0 Å². The van der Waals surface area contributed by atoms with Crippen molar-refractivity contribution in [3.63, 3.8) is 0 Å². The zero-order valence-corrected chi connectivity index (χ0v) is 9.15. The van der Waals surface area contributed by atoms with E-state index in [1.54, 1.807) is 6.20 Å². The van der Waals surface area contributed by atoms with Gasteiger partial charge >= 0.3 is 0 Å². The second-order valence-corrected chi connectivity index (χ2v) is 4.36. The summed E-state index contributed by atoms with van der Waals surface area (Å²) in [6, 6.07) is 5.15. The molecular formula is C12H16N3O. The molecule has 16 heavy (non-hydrogen) atoms. The van der Waals surface area contributed by atoms with Crippen LogP contribution in [0.5, 0.6) is 0 Å². The number of nitrogens with two attached hydrogens (primary N) is 2. The molecule has 1 aromatic rings. The van der Waals surface area contributed by atoms with E-state index >= 15 is 0 Å². The zero-order chi connectivity index (χ0) is 11.5. The van der Waals surface area contributed by atoms with Gasteiger partial charge in [0.25, 0.3) is 5.91 Å². The predicted molar refractivity (Wildman–Crippen MR) is 60.8 cm³/mol. The molecular weight excluding hydrogens is 202 g/mol. The standard InChI is InChI=1S/C12H16N3O/c13-10-3-1-2-8(6-10)9-4-5-15-11(7-9)12(14)16/h4-5,8,10H,1-3,6,13H2,(H2,14,16). The number of rotatable bonds is 2. The Morgan fingerprint density at radius 3 is 3.00 bits per heavy atom. The summed E-state index contributed by atoms with van der Waals surface area (Å²) in [6.45, 7) is 0. The molecule has 1 aromatic heterocycles. The van der Waals surface area contributed by atoms with Gasteiger partial charge in [-0.05, 0) is 36.8 Å². The van der Waals surface area contributed by atoms with Crippen molar-refractivity contribution in [1.82, 2.24) is 4.98 Å². The number of carbonyl (C=O) groups is 1. The molecule has 0 aliphatic heterocycles. The molecule has 0 spiro atoms. The lowest BCUT2D eigenvalue weighted by molar-refractivity contribution is 0.0995. The van der Waals surface area contributed by atoms with Crippen LogP contribution in [0.25, 0.3) is 0 Å². The summed E-state index contributed by atoms with van der Waals surface area (Å²) < 4.78 is 0. The van der Waals surface area contributed by atoms with E-state index in [1.807, 2.05) is 6.07 Å². The Morgan fingerprint density at radius 1 is 1.50 bits per heavy atom. The van der Waals surface area contributed by atoms with Gasteiger partial charge in [0.1, 0.15) is 5.69 Å². The van der Waals surface area contributed by atoms with Gasteiger partial charge in [0, 0.05) is 18.3 Å². The van der Waals surface area contributed by atoms with Gasteiger partial charge < -0.3 is 11.5 Å². The number of amides is 1. The zero-order valence-electron chi connectivity index (χ0n) is 9.15. The number of aromatic nitrogens is 1. The Kier molecular flexibility index (Phi) is 3.19. The molecule has 2 unspecified atom stereocenters. The molecule has 1 saturated carbocycles. The number of hydrogen-bond acceptors (Lipinski definition) is 3. The molecule has 85 valence electrons. The summed E-state index contributed by atoms with van der Waals surface area (Å²) in [5.74, 6) is -0.133. The van der Waals surface area contributed by atoms with Crippen molar-refractivity contribution in [2.45, 2.75) is 37.6 Å². The predicted octanol–water partition coefficient (Wildman–Crippen LogP) is 0.966. The molecule has 1 amide bonds. The summed E-state index contributed by atoms with van der Waals surface area (Å²) in [4.78, 5) is 14.9. The van der Waals surface area contributed by atoms with Crippen LogP contribution in [0.2, 0.25) is 0 Å². The van der Waals surface area contributed by atoms with Crippen molar-refractivity contribution < 1.29 is 4.79 Å². The number of pyridine rings is 1. The first-order chi connectivity index (χ1) is 7.66.